The van der Waals surface area contributed by atoms with Gasteiger partial charge in [0.1, 0.15) is 5.75 Å². The maximum absolute atomic E-state index is 12.1. The average Bonchev–Trinajstić information content (AvgIpc) is 2.58. The van der Waals surface area contributed by atoms with Crippen molar-refractivity contribution in [3.63, 3.8) is 0 Å². The van der Waals surface area contributed by atoms with E-state index in [1.54, 1.807) is 18.7 Å². The van der Waals surface area contributed by atoms with E-state index < -0.39 is 9.84 Å². The van der Waals surface area contributed by atoms with Crippen molar-refractivity contribution in [2.24, 2.45) is 0 Å². The van der Waals surface area contributed by atoms with Crippen LogP contribution in [0.5, 0.6) is 5.75 Å². The van der Waals surface area contributed by atoms with Crippen LogP contribution in [0.3, 0.4) is 0 Å². The number of nitrogens with one attached hydrogen (secondary N) is 1. The summed E-state index contributed by atoms with van der Waals surface area (Å²) < 4.78 is 23.8. The summed E-state index contributed by atoms with van der Waals surface area (Å²) in [6.45, 7) is 3.56. The van der Waals surface area contributed by atoms with E-state index in [2.05, 4.69) is 5.32 Å². The fourth-order valence-corrected chi connectivity index (χ4v) is 3.84. The lowest BCUT2D eigenvalue weighted by Gasteiger charge is -2.10. The molecule has 0 atom stereocenters. The molecule has 0 unspecified atom stereocenters. The highest BCUT2D eigenvalue weighted by Crippen LogP contribution is 2.27. The Morgan fingerprint density at radius 3 is 2.48 bits per heavy atom. The second kappa shape index (κ2) is 8.40. The van der Waals surface area contributed by atoms with Gasteiger partial charge in [0.2, 0.25) is 5.91 Å². The summed E-state index contributed by atoms with van der Waals surface area (Å²) in [4.78, 5) is 13.2. The van der Waals surface area contributed by atoms with Gasteiger partial charge in [-0.05, 0) is 37.3 Å². The van der Waals surface area contributed by atoms with Crippen LogP contribution in [0, 0.1) is 6.92 Å². The number of phenolic OH excluding ortho intramolecular Hbond substituents is 1. The maximum atomic E-state index is 12.1. The molecule has 0 aliphatic heterocycles. The van der Waals surface area contributed by atoms with Crippen LogP contribution in [0.1, 0.15) is 18.9 Å². The van der Waals surface area contributed by atoms with E-state index in [9.17, 15) is 18.3 Å². The minimum atomic E-state index is -3.40. The number of hydrogen-bond donors (Lipinski definition) is 2. The molecule has 134 valence electrons. The first-order valence-electron chi connectivity index (χ1n) is 7.87. The van der Waals surface area contributed by atoms with Crippen LogP contribution in [-0.4, -0.2) is 30.9 Å². The average molecular weight is 380 g/mol. The van der Waals surface area contributed by atoms with E-state index in [1.807, 2.05) is 31.2 Å². The third kappa shape index (κ3) is 5.51. The minimum absolute atomic E-state index is 0.0433. The number of hydrogen-bond acceptors (Lipinski definition) is 5. The Labute approximate surface area is 152 Å². The molecular weight excluding hydrogens is 358 g/mol. The van der Waals surface area contributed by atoms with Gasteiger partial charge in [-0.3, -0.25) is 4.79 Å². The highest BCUT2D eigenvalue weighted by molar-refractivity contribution is 7.99. The second-order valence-corrected chi connectivity index (χ2v) is 8.99. The zero-order valence-electron chi connectivity index (χ0n) is 14.2. The molecule has 2 aromatic rings. The van der Waals surface area contributed by atoms with E-state index >= 15 is 0 Å². The molecule has 2 aromatic carbocycles. The van der Waals surface area contributed by atoms with Crippen LogP contribution >= 0.6 is 11.8 Å². The van der Waals surface area contributed by atoms with E-state index in [-0.39, 0.29) is 34.4 Å². The quantitative estimate of drug-likeness (QED) is 0.567. The Hall–Kier alpha value is -1.99. The van der Waals surface area contributed by atoms with Crippen molar-refractivity contribution in [2.75, 3.05) is 16.8 Å². The highest BCUT2D eigenvalue weighted by Gasteiger charge is 2.15. The first-order chi connectivity index (χ1) is 11.8. The van der Waals surface area contributed by atoms with Crippen molar-refractivity contribution in [2.45, 2.75) is 30.1 Å². The lowest BCUT2D eigenvalue weighted by atomic mass is 10.2. The molecule has 0 radical (unpaired) electrons. The Morgan fingerprint density at radius 2 is 1.84 bits per heavy atom. The van der Waals surface area contributed by atoms with Crippen molar-refractivity contribution in [1.82, 2.24) is 0 Å². The Balaban J connectivity index is 1.96. The zero-order valence-corrected chi connectivity index (χ0v) is 15.8. The van der Waals surface area contributed by atoms with Crippen LogP contribution in [-0.2, 0) is 14.6 Å². The van der Waals surface area contributed by atoms with Gasteiger partial charge < -0.3 is 10.4 Å². The number of anilines is 1. The smallest absolute Gasteiger partial charge is 0.225 e. The lowest BCUT2D eigenvalue weighted by Crippen LogP contribution is -2.13. The fourth-order valence-electron chi connectivity index (χ4n) is 2.08. The summed E-state index contributed by atoms with van der Waals surface area (Å²) >= 11 is 1.56. The summed E-state index contributed by atoms with van der Waals surface area (Å²) in [6.07, 6.45) is 0.253. The van der Waals surface area contributed by atoms with Gasteiger partial charge in [0.05, 0.1) is 16.3 Å². The van der Waals surface area contributed by atoms with Gasteiger partial charge in [-0.2, -0.15) is 0 Å². The number of rotatable bonds is 7. The first kappa shape index (κ1) is 19.3. The number of aryl methyl sites for hydroxylation is 1. The molecule has 7 heteroatoms. The SMILES string of the molecule is CCS(=O)(=O)c1ccc(O)c(NC(=O)CCSc2ccc(C)cc2)c1. The number of carbonyl (C=O) groups is 1. The zero-order chi connectivity index (χ0) is 18.4. The third-order valence-electron chi connectivity index (χ3n) is 3.60. The Bertz CT molecular complexity index is 846. The van der Waals surface area contributed by atoms with Crippen LogP contribution in [0.4, 0.5) is 5.69 Å². The van der Waals surface area contributed by atoms with Gasteiger partial charge in [0, 0.05) is 17.1 Å². The van der Waals surface area contributed by atoms with Crippen LogP contribution in [0.15, 0.2) is 52.3 Å². The number of phenols is 1. The molecule has 0 aliphatic carbocycles. The molecule has 0 heterocycles. The topological polar surface area (TPSA) is 83.5 Å². The number of amides is 1. The van der Waals surface area contributed by atoms with E-state index in [4.69, 9.17) is 0 Å². The molecule has 0 fully saturated rings. The van der Waals surface area contributed by atoms with Gasteiger partial charge in [-0.1, -0.05) is 24.6 Å². The molecule has 1 amide bonds. The summed E-state index contributed by atoms with van der Waals surface area (Å²) in [5, 5.41) is 12.4. The molecule has 0 aliphatic rings. The molecule has 5 nitrogen and oxygen atoms in total. The monoisotopic (exact) mass is 379 g/mol. The number of sulfone groups is 1. The fraction of sp³-hybridized carbons (Fsp3) is 0.278. The Kier molecular flexibility index (Phi) is 6.50. The van der Waals surface area contributed by atoms with E-state index in [1.165, 1.54) is 23.8 Å². The van der Waals surface area contributed by atoms with Crippen molar-refractivity contribution < 1.29 is 18.3 Å². The summed E-state index contributed by atoms with van der Waals surface area (Å²) in [6, 6.07) is 11.9. The molecule has 0 saturated carbocycles. The number of carbonyl (C=O) groups excluding carboxylic acids is 1. The predicted molar refractivity (Wildman–Crippen MR) is 101 cm³/mol. The highest BCUT2D eigenvalue weighted by atomic mass is 32.2. The van der Waals surface area contributed by atoms with Crippen LogP contribution in [0.2, 0.25) is 0 Å². The molecule has 2 rings (SSSR count). The normalized spacial score (nSPS) is 11.3. The molecule has 25 heavy (non-hydrogen) atoms. The minimum Gasteiger partial charge on any atom is -0.506 e. The van der Waals surface area contributed by atoms with Gasteiger partial charge in [0.25, 0.3) is 0 Å². The summed E-state index contributed by atoms with van der Waals surface area (Å²) in [5.74, 6) is 0.108. The largest absolute Gasteiger partial charge is 0.506 e. The third-order valence-corrected chi connectivity index (χ3v) is 6.35. The Morgan fingerprint density at radius 1 is 1.16 bits per heavy atom. The van der Waals surface area contributed by atoms with Gasteiger partial charge in [-0.15, -0.1) is 11.8 Å². The maximum Gasteiger partial charge on any atom is 0.225 e. The number of benzene rings is 2. The van der Waals surface area contributed by atoms with Crippen molar-refractivity contribution in [3.05, 3.63) is 48.0 Å². The van der Waals surface area contributed by atoms with Crippen LogP contribution < -0.4 is 5.32 Å². The molecular formula is C18H21NO4S2. The number of aromatic hydroxyl groups is 1. The first-order valence-corrected chi connectivity index (χ1v) is 10.5. The van der Waals surface area contributed by atoms with Crippen molar-refractivity contribution in [1.29, 1.82) is 0 Å². The summed E-state index contributed by atoms with van der Waals surface area (Å²) in [5.41, 5.74) is 1.29. The molecule has 2 N–H and O–H groups in total. The number of thioether (sulfide) groups is 1. The second-order valence-electron chi connectivity index (χ2n) is 5.54. The molecule has 0 saturated heterocycles. The van der Waals surface area contributed by atoms with Crippen LogP contribution in [0.25, 0.3) is 0 Å². The van der Waals surface area contributed by atoms with Crippen molar-refractivity contribution >= 4 is 33.2 Å². The predicted octanol–water partition coefficient (Wildman–Crippen LogP) is 3.62. The van der Waals surface area contributed by atoms with Gasteiger partial charge >= 0.3 is 0 Å². The van der Waals surface area contributed by atoms with Gasteiger partial charge in [0.15, 0.2) is 9.84 Å². The van der Waals surface area contributed by atoms with Gasteiger partial charge in [-0.25, -0.2) is 8.42 Å². The van der Waals surface area contributed by atoms with E-state index in [0.29, 0.717) is 5.75 Å². The molecule has 0 spiro atoms. The molecule has 0 aromatic heterocycles. The van der Waals surface area contributed by atoms with Crippen molar-refractivity contribution in [3.8, 4) is 5.75 Å². The van der Waals surface area contributed by atoms with E-state index in [0.717, 1.165) is 4.90 Å². The lowest BCUT2D eigenvalue weighted by molar-refractivity contribution is -0.115. The molecule has 0 bridgehead atoms. The standard InChI is InChI=1S/C18H21NO4S2/c1-3-25(22,23)15-8-9-17(20)16(12-15)19-18(21)10-11-24-14-6-4-13(2)5-7-14/h4-9,12,20H,3,10-11H2,1-2H3,(H,19,21). The summed E-state index contributed by atoms with van der Waals surface area (Å²) in [7, 11) is -3.40.